The average molecular weight is 456 g/mol. The van der Waals surface area contributed by atoms with Crippen LogP contribution >= 0.6 is 15.9 Å². The van der Waals surface area contributed by atoms with Crippen molar-refractivity contribution < 1.29 is 18.0 Å². The zero-order valence-electron chi connectivity index (χ0n) is 14.2. The van der Waals surface area contributed by atoms with Crippen molar-refractivity contribution in [2.75, 3.05) is 5.32 Å². The zero-order chi connectivity index (χ0) is 20.1. The lowest BCUT2D eigenvalue weighted by atomic mass is 10.2. The molecule has 28 heavy (non-hydrogen) atoms. The lowest BCUT2D eigenvalue weighted by Crippen LogP contribution is -2.26. The number of carbonyl (C=O) groups excluding carboxylic acids is 1. The maximum atomic E-state index is 12.6. The minimum Gasteiger partial charge on any atom is -0.325 e. The molecule has 1 aliphatic rings. The van der Waals surface area contributed by atoms with Crippen LogP contribution in [0.2, 0.25) is 0 Å². The normalized spacial score (nSPS) is 14.4. The van der Waals surface area contributed by atoms with E-state index in [2.05, 4.69) is 31.3 Å². The summed E-state index contributed by atoms with van der Waals surface area (Å²) in [5.74, 6) is -0.0535. The summed E-state index contributed by atoms with van der Waals surface area (Å²) in [5.41, 5.74) is -0.197. The van der Waals surface area contributed by atoms with Crippen LogP contribution in [0.15, 0.2) is 39.9 Å². The molecule has 11 heteroatoms. The zero-order valence-corrected chi connectivity index (χ0v) is 15.8. The number of halogens is 4. The monoisotopic (exact) mass is 455 g/mol. The number of nitrogens with one attached hydrogen (secondary N) is 1. The van der Waals surface area contributed by atoms with Crippen molar-refractivity contribution in [2.24, 2.45) is 0 Å². The Labute approximate surface area is 164 Å². The first-order valence-corrected chi connectivity index (χ1v) is 9.15. The van der Waals surface area contributed by atoms with Crippen LogP contribution < -0.4 is 10.9 Å². The van der Waals surface area contributed by atoms with Crippen LogP contribution in [0.4, 0.5) is 18.9 Å². The molecule has 1 aliphatic carbocycles. The van der Waals surface area contributed by atoms with Gasteiger partial charge in [-0.2, -0.15) is 22.7 Å². The minimum absolute atomic E-state index is 0.151. The van der Waals surface area contributed by atoms with E-state index in [4.69, 9.17) is 0 Å². The first-order valence-electron chi connectivity index (χ1n) is 8.35. The second kappa shape index (κ2) is 6.73. The molecule has 4 rings (SSSR count). The van der Waals surface area contributed by atoms with Crippen molar-refractivity contribution >= 4 is 33.3 Å². The van der Waals surface area contributed by atoms with Gasteiger partial charge in [-0.25, -0.2) is 0 Å². The number of benzene rings is 1. The van der Waals surface area contributed by atoms with Crippen molar-refractivity contribution in [3.05, 3.63) is 56.7 Å². The summed E-state index contributed by atoms with van der Waals surface area (Å²) in [5, 5.41) is 6.54. The number of carbonyl (C=O) groups is 1. The van der Waals surface area contributed by atoms with Crippen molar-refractivity contribution in [1.29, 1.82) is 0 Å². The van der Waals surface area contributed by atoms with E-state index in [9.17, 15) is 22.8 Å². The van der Waals surface area contributed by atoms with Crippen LogP contribution in [0.3, 0.4) is 0 Å². The third-order valence-corrected chi connectivity index (χ3v) is 4.73. The molecule has 0 unspecified atom stereocenters. The molecule has 3 aromatic rings. The maximum absolute atomic E-state index is 12.6. The Kier molecular flexibility index (Phi) is 4.48. The Bertz CT molecular complexity index is 1120. The molecule has 2 heterocycles. The predicted molar refractivity (Wildman–Crippen MR) is 97.0 cm³/mol. The van der Waals surface area contributed by atoms with E-state index in [1.54, 1.807) is 4.57 Å². The lowest BCUT2D eigenvalue weighted by Gasteiger charge is -2.14. The average Bonchev–Trinajstić information content (AvgIpc) is 3.38. The second-order valence-electron chi connectivity index (χ2n) is 6.48. The van der Waals surface area contributed by atoms with E-state index in [0.29, 0.717) is 5.69 Å². The van der Waals surface area contributed by atoms with E-state index >= 15 is 0 Å². The fraction of sp³-hybridized carbons (Fsp3) is 0.294. The summed E-state index contributed by atoms with van der Waals surface area (Å²) < 4.78 is 40.9. The summed E-state index contributed by atoms with van der Waals surface area (Å²) in [4.78, 5) is 28.9. The standard InChI is InChI=1S/C17H13BrF3N5O2/c18-15-23-16-25(12(9-1-2-9)7-14(28)26(16)24-15)8-13(27)22-11-5-3-10(4-6-11)17(19,20)21/h3-7,9H,1-2,8H2,(H,22,27). The van der Waals surface area contributed by atoms with Crippen LogP contribution in [-0.2, 0) is 17.5 Å². The molecule has 7 nitrogen and oxygen atoms in total. The largest absolute Gasteiger partial charge is 0.416 e. The van der Waals surface area contributed by atoms with Crippen LogP contribution in [0.5, 0.6) is 0 Å². The van der Waals surface area contributed by atoms with Crippen LogP contribution in [0, 0.1) is 0 Å². The Morgan fingerprint density at radius 1 is 1.25 bits per heavy atom. The smallest absolute Gasteiger partial charge is 0.325 e. The molecule has 1 amide bonds. The molecule has 1 N–H and O–H groups in total. The number of nitrogens with zero attached hydrogens (tertiary/aromatic N) is 4. The van der Waals surface area contributed by atoms with Crippen LogP contribution in [-0.4, -0.2) is 25.1 Å². The van der Waals surface area contributed by atoms with E-state index in [1.165, 1.54) is 18.2 Å². The quantitative estimate of drug-likeness (QED) is 0.654. The summed E-state index contributed by atoms with van der Waals surface area (Å²) in [6.45, 7) is -0.151. The number of amides is 1. The van der Waals surface area contributed by atoms with Gasteiger partial charge in [0.1, 0.15) is 6.54 Å². The number of anilines is 1. The molecule has 1 saturated carbocycles. The fourth-order valence-electron chi connectivity index (χ4n) is 2.95. The summed E-state index contributed by atoms with van der Waals surface area (Å²) in [6.07, 6.45) is -2.62. The second-order valence-corrected chi connectivity index (χ2v) is 7.19. The van der Waals surface area contributed by atoms with Gasteiger partial charge in [-0.1, -0.05) is 0 Å². The Morgan fingerprint density at radius 3 is 2.54 bits per heavy atom. The molecule has 0 aliphatic heterocycles. The SMILES string of the molecule is O=C(Cn1c(C2CC2)cc(=O)n2nc(Br)nc12)Nc1ccc(C(F)(F)F)cc1. The van der Waals surface area contributed by atoms with E-state index in [1.807, 2.05) is 0 Å². The van der Waals surface area contributed by atoms with Crippen LogP contribution in [0.25, 0.3) is 5.78 Å². The number of rotatable bonds is 4. The van der Waals surface area contributed by atoms with Crippen molar-refractivity contribution in [3.8, 4) is 0 Å². The molecule has 0 bridgehead atoms. The Morgan fingerprint density at radius 2 is 1.93 bits per heavy atom. The van der Waals surface area contributed by atoms with E-state index in [-0.39, 0.29) is 34.2 Å². The third kappa shape index (κ3) is 3.66. The number of hydrogen-bond acceptors (Lipinski definition) is 4. The Balaban J connectivity index is 1.61. The molecule has 0 atom stereocenters. The van der Waals surface area contributed by atoms with Gasteiger partial charge in [0, 0.05) is 17.4 Å². The number of fused-ring (bicyclic) bond motifs is 1. The van der Waals surface area contributed by atoms with E-state index < -0.39 is 17.6 Å². The molecule has 1 fully saturated rings. The molecule has 0 spiro atoms. The molecule has 0 radical (unpaired) electrons. The highest BCUT2D eigenvalue weighted by atomic mass is 79.9. The highest BCUT2D eigenvalue weighted by Gasteiger charge is 2.31. The maximum Gasteiger partial charge on any atom is 0.416 e. The van der Waals surface area contributed by atoms with Gasteiger partial charge in [0.2, 0.25) is 16.4 Å². The summed E-state index contributed by atoms with van der Waals surface area (Å²) >= 11 is 3.13. The van der Waals surface area contributed by atoms with Crippen LogP contribution in [0.1, 0.15) is 30.0 Å². The van der Waals surface area contributed by atoms with E-state index in [0.717, 1.165) is 29.5 Å². The highest BCUT2D eigenvalue weighted by molar-refractivity contribution is 9.10. The first-order chi connectivity index (χ1) is 13.2. The van der Waals surface area contributed by atoms with Gasteiger partial charge in [0.15, 0.2) is 0 Å². The molecule has 0 saturated heterocycles. The van der Waals surface area contributed by atoms with Gasteiger partial charge in [-0.15, -0.1) is 5.10 Å². The highest BCUT2D eigenvalue weighted by Crippen LogP contribution is 2.39. The Hall–Kier alpha value is -2.69. The fourth-order valence-corrected chi connectivity index (χ4v) is 3.27. The number of alkyl halides is 3. The van der Waals surface area contributed by atoms with Crippen molar-refractivity contribution in [3.63, 3.8) is 0 Å². The van der Waals surface area contributed by atoms with Crippen molar-refractivity contribution in [2.45, 2.75) is 31.5 Å². The van der Waals surface area contributed by atoms with Crippen molar-refractivity contribution in [1.82, 2.24) is 19.2 Å². The third-order valence-electron chi connectivity index (χ3n) is 4.39. The minimum atomic E-state index is -4.44. The molecular formula is C17H13BrF3N5O2. The molecule has 2 aromatic heterocycles. The molecule has 1 aromatic carbocycles. The number of aromatic nitrogens is 4. The summed E-state index contributed by atoms with van der Waals surface area (Å²) in [6, 6.07) is 5.63. The van der Waals surface area contributed by atoms with Gasteiger partial charge >= 0.3 is 6.18 Å². The topological polar surface area (TPSA) is 81.3 Å². The van der Waals surface area contributed by atoms with Gasteiger partial charge in [-0.05, 0) is 59.0 Å². The lowest BCUT2D eigenvalue weighted by molar-refractivity contribution is -0.137. The summed E-state index contributed by atoms with van der Waals surface area (Å²) in [7, 11) is 0. The van der Waals surface area contributed by atoms with Gasteiger partial charge in [-0.3, -0.25) is 9.59 Å². The van der Waals surface area contributed by atoms with Gasteiger partial charge in [0.05, 0.1) is 5.56 Å². The number of hydrogen-bond donors (Lipinski definition) is 1. The predicted octanol–water partition coefficient (Wildman–Crippen LogP) is 3.19. The first kappa shape index (κ1) is 18.7. The van der Waals surface area contributed by atoms with Gasteiger partial charge in [0.25, 0.3) is 5.56 Å². The van der Waals surface area contributed by atoms with Gasteiger partial charge < -0.3 is 9.88 Å². The molecular weight excluding hydrogens is 443 g/mol. The molecule has 146 valence electrons.